The molecule has 1 aromatic rings. The molecule has 0 atom stereocenters. The normalized spacial score (nSPS) is 14.5. The predicted octanol–water partition coefficient (Wildman–Crippen LogP) is 1.75. The van der Waals surface area contributed by atoms with E-state index < -0.39 is 0 Å². The molecule has 0 unspecified atom stereocenters. The second-order valence-electron chi connectivity index (χ2n) is 2.13. The Bertz CT molecular complexity index is 280. The number of allylic oxidation sites excluding steroid dienone is 1. The lowest BCUT2D eigenvalue weighted by Crippen LogP contribution is -1.86. The molecule has 0 radical (unpaired) electrons. The van der Waals surface area contributed by atoms with Gasteiger partial charge in [-0.2, -0.15) is 0 Å². The largest absolute Gasteiger partial charge is 0.278 e. The minimum Gasteiger partial charge on any atom is -0.278 e. The molecule has 0 spiro atoms. The third kappa shape index (κ3) is 0.941. The minimum atomic E-state index is 0.0582. The van der Waals surface area contributed by atoms with Crippen molar-refractivity contribution in [1.82, 2.24) is 7.76 Å². The molecule has 0 saturated heterocycles. The summed E-state index contributed by atoms with van der Waals surface area (Å²) in [7, 11) is 0. The Morgan fingerprint density at radius 2 is 2.50 bits per heavy atom. The first-order chi connectivity index (χ1) is 4.86. The van der Waals surface area contributed by atoms with Crippen LogP contribution in [0.4, 0.5) is 0 Å². The van der Waals surface area contributed by atoms with Crippen molar-refractivity contribution in [3.8, 4) is 0 Å². The van der Waals surface area contributed by atoms with Gasteiger partial charge in [-0.05, 0) is 17.0 Å². The zero-order chi connectivity index (χ0) is 6.97. The highest BCUT2D eigenvalue weighted by Crippen LogP contribution is 2.15. The molecule has 0 bridgehead atoms. The van der Waals surface area contributed by atoms with E-state index in [2.05, 4.69) is 30.1 Å². The molecule has 1 aliphatic heterocycles. The van der Waals surface area contributed by atoms with Crippen molar-refractivity contribution in [2.24, 2.45) is 0 Å². The van der Waals surface area contributed by atoms with Crippen molar-refractivity contribution in [2.45, 2.75) is 6.92 Å². The van der Waals surface area contributed by atoms with E-state index in [9.17, 15) is 0 Å². The smallest absolute Gasteiger partial charge is 0.141 e. The quantitative estimate of drug-likeness (QED) is 0.638. The topological polar surface area (TPSA) is 17.8 Å². The van der Waals surface area contributed by atoms with Crippen LogP contribution in [0.5, 0.6) is 0 Å². The summed E-state index contributed by atoms with van der Waals surface area (Å²) in [6.07, 6.45) is 6.26. The molecule has 0 amide bonds. The van der Waals surface area contributed by atoms with E-state index in [-0.39, 0.29) is 21.0 Å². The first-order valence-corrected chi connectivity index (χ1v) is 5.27. The van der Waals surface area contributed by atoms with E-state index in [0.29, 0.717) is 0 Å². The van der Waals surface area contributed by atoms with Crippen LogP contribution in [0.25, 0.3) is 6.08 Å². The highest BCUT2D eigenvalue weighted by Gasteiger charge is 2.00. The Balaban J connectivity index is 2.64. The summed E-state index contributed by atoms with van der Waals surface area (Å²) in [6.45, 7) is 2.03. The Kier molecular flexibility index (Phi) is 1.44. The SMILES string of the molecule is Cc1cn2c(n1)C=CC=I2. The number of fused-ring (bicyclic) bond motifs is 1. The maximum atomic E-state index is 4.33. The molecule has 2 rings (SSSR count). The lowest BCUT2D eigenvalue weighted by molar-refractivity contribution is 1.21. The molecule has 1 aromatic heterocycles. The van der Waals surface area contributed by atoms with Crippen molar-refractivity contribution >= 4 is 31.1 Å². The molecule has 52 valence electrons. The molecule has 0 fully saturated rings. The van der Waals surface area contributed by atoms with E-state index >= 15 is 0 Å². The Labute approximate surface area is 69.7 Å². The van der Waals surface area contributed by atoms with Gasteiger partial charge in [0.05, 0.1) is 5.69 Å². The molecule has 0 saturated carbocycles. The van der Waals surface area contributed by atoms with Crippen molar-refractivity contribution in [3.63, 3.8) is 0 Å². The van der Waals surface area contributed by atoms with E-state index in [1.54, 1.807) is 0 Å². The van der Waals surface area contributed by atoms with Gasteiger partial charge in [0, 0.05) is 27.2 Å². The fraction of sp³-hybridized carbons (Fsp3) is 0.143. The molecular formula is C7H7IN2. The number of aryl methyl sites for hydroxylation is 1. The molecule has 1 aliphatic rings. The van der Waals surface area contributed by atoms with Gasteiger partial charge >= 0.3 is 0 Å². The van der Waals surface area contributed by atoms with E-state index in [4.69, 9.17) is 0 Å². The van der Waals surface area contributed by atoms with Crippen LogP contribution < -0.4 is 0 Å². The molecule has 0 N–H and O–H groups in total. The first kappa shape index (κ1) is 6.27. The molecular weight excluding hydrogens is 239 g/mol. The summed E-state index contributed by atoms with van der Waals surface area (Å²) in [6, 6.07) is 0. The van der Waals surface area contributed by atoms with Gasteiger partial charge in [0.25, 0.3) is 0 Å². The summed E-state index contributed by atoms with van der Waals surface area (Å²) in [4.78, 5) is 4.33. The fourth-order valence-electron chi connectivity index (χ4n) is 0.890. The van der Waals surface area contributed by atoms with Gasteiger partial charge in [-0.3, -0.25) is 2.78 Å². The van der Waals surface area contributed by atoms with E-state index in [0.717, 1.165) is 11.5 Å². The number of nitrogens with zero attached hydrogens (tertiary/aromatic N) is 2. The standard InChI is InChI=1S/C7H7IN2/c1-6-5-10-7(9-6)3-2-4-8-10/h2-5H,1H3. The zero-order valence-electron chi connectivity index (χ0n) is 5.58. The summed E-state index contributed by atoms with van der Waals surface area (Å²) < 4.78 is 4.47. The summed E-state index contributed by atoms with van der Waals surface area (Å²) >= 11 is 0.0582. The maximum Gasteiger partial charge on any atom is 0.141 e. The van der Waals surface area contributed by atoms with Crippen LogP contribution in [0.2, 0.25) is 0 Å². The minimum absolute atomic E-state index is 0.0582. The molecule has 0 aromatic carbocycles. The van der Waals surface area contributed by atoms with Crippen molar-refractivity contribution in [3.05, 3.63) is 23.8 Å². The number of aromatic nitrogens is 2. The van der Waals surface area contributed by atoms with Crippen molar-refractivity contribution in [2.75, 3.05) is 0 Å². The summed E-state index contributed by atoms with van der Waals surface area (Å²) in [5, 5.41) is 0. The second kappa shape index (κ2) is 2.30. The third-order valence-electron chi connectivity index (χ3n) is 1.29. The summed E-state index contributed by atoms with van der Waals surface area (Å²) in [5.41, 5.74) is 1.12. The number of imidazole rings is 1. The second-order valence-corrected chi connectivity index (χ2v) is 4.45. The van der Waals surface area contributed by atoms with Crippen LogP contribution in [0.1, 0.15) is 11.5 Å². The van der Waals surface area contributed by atoms with Crippen LogP contribution >= 0.6 is 21.0 Å². The predicted molar refractivity (Wildman–Crippen MR) is 51.5 cm³/mol. The third-order valence-corrected chi connectivity index (χ3v) is 3.40. The van der Waals surface area contributed by atoms with Gasteiger partial charge in [-0.1, -0.05) is 6.08 Å². The van der Waals surface area contributed by atoms with Gasteiger partial charge in [-0.25, -0.2) is 4.98 Å². The number of rotatable bonds is 0. The van der Waals surface area contributed by atoms with Gasteiger partial charge in [0.1, 0.15) is 5.82 Å². The van der Waals surface area contributed by atoms with E-state index in [1.165, 1.54) is 0 Å². The van der Waals surface area contributed by atoms with Crippen molar-refractivity contribution in [1.29, 1.82) is 0 Å². The van der Waals surface area contributed by atoms with Crippen LogP contribution in [-0.2, 0) is 0 Å². The number of halogens is 1. The Morgan fingerprint density at radius 1 is 1.60 bits per heavy atom. The molecule has 2 heterocycles. The highest BCUT2D eigenvalue weighted by molar-refractivity contribution is 14.2. The summed E-state index contributed by atoms with van der Waals surface area (Å²) in [5.74, 6) is 1.12. The van der Waals surface area contributed by atoms with Gasteiger partial charge in [-0.15, -0.1) is 0 Å². The number of hydrogen-bond acceptors (Lipinski definition) is 1. The van der Waals surface area contributed by atoms with Gasteiger partial charge < -0.3 is 0 Å². The average Bonchev–Trinajstić information content (AvgIpc) is 2.27. The molecule has 2 nitrogen and oxygen atoms in total. The maximum absolute atomic E-state index is 4.33. The van der Waals surface area contributed by atoms with E-state index in [1.807, 2.05) is 6.92 Å². The Hall–Kier alpha value is -0.450. The fourth-order valence-corrected chi connectivity index (χ4v) is 2.75. The number of hydrogen-bond donors (Lipinski definition) is 0. The van der Waals surface area contributed by atoms with Crippen molar-refractivity contribution < 1.29 is 0 Å². The van der Waals surface area contributed by atoms with Crippen LogP contribution in [0, 0.1) is 6.92 Å². The average molecular weight is 246 g/mol. The van der Waals surface area contributed by atoms with Crippen LogP contribution in [0.3, 0.4) is 0 Å². The lowest BCUT2D eigenvalue weighted by atomic mass is 10.5. The Morgan fingerprint density at radius 3 is 3.30 bits per heavy atom. The monoisotopic (exact) mass is 246 g/mol. The lowest BCUT2D eigenvalue weighted by Gasteiger charge is -1.96. The molecule has 3 heteroatoms. The van der Waals surface area contributed by atoms with Gasteiger partial charge in [0.15, 0.2) is 0 Å². The first-order valence-electron chi connectivity index (χ1n) is 3.06. The van der Waals surface area contributed by atoms with Crippen LogP contribution in [0.15, 0.2) is 12.3 Å². The highest BCUT2D eigenvalue weighted by atomic mass is 127. The molecule has 0 aliphatic carbocycles. The zero-order valence-corrected chi connectivity index (χ0v) is 7.74. The van der Waals surface area contributed by atoms with Gasteiger partial charge in [0.2, 0.25) is 0 Å². The molecule has 10 heavy (non-hydrogen) atoms. The van der Waals surface area contributed by atoms with Crippen LogP contribution in [-0.4, -0.2) is 11.8 Å².